The number of hydrogen-bond donors (Lipinski definition) is 1. The third-order valence-corrected chi connectivity index (χ3v) is 4.13. The fourth-order valence-corrected chi connectivity index (χ4v) is 2.65. The highest BCUT2D eigenvalue weighted by Crippen LogP contribution is 2.24. The van der Waals surface area contributed by atoms with E-state index >= 15 is 0 Å². The van der Waals surface area contributed by atoms with E-state index in [1.165, 1.54) is 5.56 Å². The lowest BCUT2D eigenvalue weighted by Crippen LogP contribution is -2.21. The molecule has 1 aromatic heterocycles. The maximum Gasteiger partial charge on any atom is 0.354 e. The maximum absolute atomic E-state index is 11.4. The molecule has 1 N–H and O–H groups in total. The highest BCUT2D eigenvalue weighted by molar-refractivity contribution is 5.87. The van der Waals surface area contributed by atoms with E-state index in [4.69, 9.17) is 0 Å². The van der Waals surface area contributed by atoms with Gasteiger partial charge in [0.25, 0.3) is 0 Å². The summed E-state index contributed by atoms with van der Waals surface area (Å²) in [5, 5.41) is 9.31. The molecule has 114 valence electrons. The molecule has 0 atom stereocenters. The highest BCUT2D eigenvalue weighted by atomic mass is 16.4. The van der Waals surface area contributed by atoms with Gasteiger partial charge in [0.1, 0.15) is 0 Å². The number of aromatic carboxylic acids is 1. The second-order valence-corrected chi connectivity index (χ2v) is 5.74. The van der Waals surface area contributed by atoms with Crippen molar-refractivity contribution < 1.29 is 9.90 Å². The summed E-state index contributed by atoms with van der Waals surface area (Å²) in [5.74, 6) is -0.501. The van der Waals surface area contributed by atoms with Gasteiger partial charge >= 0.3 is 5.97 Å². The zero-order valence-corrected chi connectivity index (χ0v) is 12.8. The van der Waals surface area contributed by atoms with Crippen molar-refractivity contribution in [3.05, 3.63) is 41.1 Å². The average molecular weight is 297 g/mol. The van der Waals surface area contributed by atoms with Crippen molar-refractivity contribution in [1.29, 1.82) is 0 Å². The number of aryl methyl sites for hydroxylation is 2. The SMILES string of the molecule is Cc1ccc(-c2cc(C(=O)O)nc(N3CCCC3)n2)cc1C. The Morgan fingerprint density at radius 2 is 1.82 bits per heavy atom. The highest BCUT2D eigenvalue weighted by Gasteiger charge is 2.19. The summed E-state index contributed by atoms with van der Waals surface area (Å²) in [7, 11) is 0. The molecule has 1 aromatic carbocycles. The number of carboxylic acids is 1. The second-order valence-electron chi connectivity index (χ2n) is 5.74. The smallest absolute Gasteiger partial charge is 0.354 e. The van der Waals surface area contributed by atoms with Gasteiger partial charge < -0.3 is 10.0 Å². The van der Waals surface area contributed by atoms with Crippen LogP contribution in [-0.4, -0.2) is 34.1 Å². The van der Waals surface area contributed by atoms with E-state index in [1.807, 2.05) is 25.1 Å². The largest absolute Gasteiger partial charge is 0.477 e. The molecule has 2 heterocycles. The molecule has 5 nitrogen and oxygen atoms in total. The van der Waals surface area contributed by atoms with Crippen LogP contribution in [0.2, 0.25) is 0 Å². The third kappa shape index (κ3) is 2.79. The lowest BCUT2D eigenvalue weighted by molar-refractivity contribution is 0.0690. The van der Waals surface area contributed by atoms with Crippen molar-refractivity contribution >= 4 is 11.9 Å². The minimum absolute atomic E-state index is 0.0464. The molecule has 22 heavy (non-hydrogen) atoms. The number of rotatable bonds is 3. The Kier molecular flexibility index (Phi) is 3.79. The summed E-state index contributed by atoms with van der Waals surface area (Å²) < 4.78 is 0. The van der Waals surface area contributed by atoms with Gasteiger partial charge in [-0.3, -0.25) is 0 Å². The Labute approximate surface area is 129 Å². The van der Waals surface area contributed by atoms with Crippen LogP contribution < -0.4 is 4.90 Å². The molecule has 0 aliphatic carbocycles. The van der Waals surface area contributed by atoms with Crippen molar-refractivity contribution in [3.63, 3.8) is 0 Å². The Hall–Kier alpha value is -2.43. The molecule has 0 amide bonds. The average Bonchev–Trinajstić information content (AvgIpc) is 3.04. The molecular formula is C17H19N3O2. The number of carboxylic acid groups (broad SMARTS) is 1. The van der Waals surface area contributed by atoms with Crippen molar-refractivity contribution in [2.75, 3.05) is 18.0 Å². The lowest BCUT2D eigenvalue weighted by atomic mass is 10.0. The lowest BCUT2D eigenvalue weighted by Gasteiger charge is -2.16. The molecule has 1 aliphatic heterocycles. The van der Waals surface area contributed by atoms with E-state index in [-0.39, 0.29) is 5.69 Å². The number of anilines is 1. The van der Waals surface area contributed by atoms with Crippen LogP contribution in [0.15, 0.2) is 24.3 Å². The van der Waals surface area contributed by atoms with Crippen LogP contribution in [0.4, 0.5) is 5.95 Å². The van der Waals surface area contributed by atoms with E-state index in [1.54, 1.807) is 6.07 Å². The van der Waals surface area contributed by atoms with Gasteiger partial charge in [-0.05, 0) is 49.9 Å². The number of hydrogen-bond acceptors (Lipinski definition) is 4. The predicted octanol–water partition coefficient (Wildman–Crippen LogP) is 3.06. The van der Waals surface area contributed by atoms with Gasteiger partial charge in [-0.1, -0.05) is 12.1 Å². The summed E-state index contributed by atoms with van der Waals surface area (Å²) in [6, 6.07) is 7.59. The van der Waals surface area contributed by atoms with Crippen LogP contribution in [0.25, 0.3) is 11.3 Å². The van der Waals surface area contributed by atoms with Gasteiger partial charge in [-0.2, -0.15) is 0 Å². The first-order valence-electron chi connectivity index (χ1n) is 7.49. The van der Waals surface area contributed by atoms with E-state index in [9.17, 15) is 9.90 Å². The molecule has 3 rings (SSSR count). The molecule has 0 spiro atoms. The molecule has 1 saturated heterocycles. The van der Waals surface area contributed by atoms with Crippen LogP contribution in [-0.2, 0) is 0 Å². The second kappa shape index (κ2) is 5.75. The van der Waals surface area contributed by atoms with Crippen LogP contribution in [0.5, 0.6) is 0 Å². The van der Waals surface area contributed by atoms with Crippen molar-refractivity contribution in [2.24, 2.45) is 0 Å². The Morgan fingerprint density at radius 1 is 1.09 bits per heavy atom. The minimum Gasteiger partial charge on any atom is -0.477 e. The molecule has 0 saturated carbocycles. The molecule has 1 aliphatic rings. The van der Waals surface area contributed by atoms with Gasteiger partial charge in [0.05, 0.1) is 5.69 Å². The van der Waals surface area contributed by atoms with Crippen molar-refractivity contribution in [2.45, 2.75) is 26.7 Å². The molecule has 5 heteroatoms. The van der Waals surface area contributed by atoms with Crippen molar-refractivity contribution in [3.8, 4) is 11.3 Å². The molecule has 0 bridgehead atoms. The molecule has 1 fully saturated rings. The summed E-state index contributed by atoms with van der Waals surface area (Å²) in [5.41, 5.74) is 4.00. The summed E-state index contributed by atoms with van der Waals surface area (Å²) in [6.07, 6.45) is 2.19. The van der Waals surface area contributed by atoms with Crippen LogP contribution in [0.1, 0.15) is 34.5 Å². The fourth-order valence-electron chi connectivity index (χ4n) is 2.65. The van der Waals surface area contributed by atoms with Gasteiger partial charge in [0.2, 0.25) is 5.95 Å². The topological polar surface area (TPSA) is 66.3 Å². The standard InChI is InChI=1S/C17H19N3O2/c1-11-5-6-13(9-12(11)2)14-10-15(16(21)22)19-17(18-14)20-7-3-4-8-20/h5-6,9-10H,3-4,7-8H2,1-2H3,(H,21,22). The normalized spacial score (nSPS) is 14.4. The van der Waals surface area contributed by atoms with E-state index in [0.717, 1.165) is 37.1 Å². The van der Waals surface area contributed by atoms with Gasteiger partial charge in [0.15, 0.2) is 5.69 Å². The summed E-state index contributed by atoms with van der Waals surface area (Å²) >= 11 is 0. The zero-order chi connectivity index (χ0) is 15.7. The van der Waals surface area contributed by atoms with Gasteiger partial charge in [-0.15, -0.1) is 0 Å². The van der Waals surface area contributed by atoms with Gasteiger partial charge in [-0.25, -0.2) is 14.8 Å². The van der Waals surface area contributed by atoms with E-state index in [2.05, 4.69) is 21.8 Å². The Morgan fingerprint density at radius 3 is 2.45 bits per heavy atom. The number of carbonyl (C=O) groups is 1. The summed E-state index contributed by atoms with van der Waals surface area (Å²) in [4.78, 5) is 22.2. The number of nitrogens with zero attached hydrogens (tertiary/aromatic N) is 3. The monoisotopic (exact) mass is 297 g/mol. The zero-order valence-electron chi connectivity index (χ0n) is 12.8. The number of aromatic nitrogens is 2. The first-order chi connectivity index (χ1) is 10.5. The number of benzene rings is 1. The van der Waals surface area contributed by atoms with E-state index in [0.29, 0.717) is 11.6 Å². The summed E-state index contributed by atoms with van der Waals surface area (Å²) in [6.45, 7) is 5.86. The van der Waals surface area contributed by atoms with Crippen molar-refractivity contribution in [1.82, 2.24) is 9.97 Å². The van der Waals surface area contributed by atoms with Crippen LogP contribution in [0.3, 0.4) is 0 Å². The van der Waals surface area contributed by atoms with E-state index < -0.39 is 5.97 Å². The molecule has 2 aromatic rings. The Bertz CT molecular complexity index is 722. The van der Waals surface area contributed by atoms with Crippen LogP contribution in [0, 0.1) is 13.8 Å². The third-order valence-electron chi connectivity index (χ3n) is 4.13. The maximum atomic E-state index is 11.4. The Balaban J connectivity index is 2.09. The van der Waals surface area contributed by atoms with Gasteiger partial charge in [0, 0.05) is 18.7 Å². The van der Waals surface area contributed by atoms with Crippen LogP contribution >= 0.6 is 0 Å². The first kappa shape index (κ1) is 14.5. The molecular weight excluding hydrogens is 278 g/mol. The molecule has 0 radical (unpaired) electrons. The minimum atomic E-state index is -1.02. The fraction of sp³-hybridized carbons (Fsp3) is 0.353. The predicted molar refractivity (Wildman–Crippen MR) is 85.3 cm³/mol. The molecule has 0 unspecified atom stereocenters. The quantitative estimate of drug-likeness (QED) is 0.943. The first-order valence-corrected chi connectivity index (χ1v) is 7.49.